The predicted molar refractivity (Wildman–Crippen MR) is 180 cm³/mol. The number of ether oxygens (including phenoxy) is 2. The largest absolute Gasteiger partial charge is 0.453 e. The highest BCUT2D eigenvalue weighted by Gasteiger charge is 2.38. The van der Waals surface area contributed by atoms with Gasteiger partial charge in [-0.05, 0) is 62.8 Å². The Kier molecular flexibility index (Phi) is 11.0. The monoisotopic (exact) mass is 660 g/mol. The number of allylic oxidation sites excluding steroid dienone is 1. The minimum absolute atomic E-state index is 0.0446. The van der Waals surface area contributed by atoms with Crippen molar-refractivity contribution in [2.75, 3.05) is 27.3 Å². The van der Waals surface area contributed by atoms with Gasteiger partial charge in [0.05, 0.1) is 37.7 Å². The average Bonchev–Trinajstić information content (AvgIpc) is 3.92. The Labute approximate surface area is 280 Å². The molecule has 5 N–H and O–H groups in total. The number of carbonyl (C=O) groups excluding carboxylic acids is 4. The molecule has 0 bridgehead atoms. The van der Waals surface area contributed by atoms with Crippen molar-refractivity contribution in [3.63, 3.8) is 0 Å². The van der Waals surface area contributed by atoms with Crippen LogP contribution in [0.1, 0.15) is 68.2 Å². The number of aromatic nitrogens is 2. The summed E-state index contributed by atoms with van der Waals surface area (Å²) in [6, 6.07) is 6.53. The van der Waals surface area contributed by atoms with Gasteiger partial charge < -0.3 is 45.5 Å². The van der Waals surface area contributed by atoms with E-state index in [9.17, 15) is 19.2 Å². The van der Waals surface area contributed by atoms with Crippen molar-refractivity contribution in [2.45, 2.75) is 69.9 Å². The molecule has 2 fully saturated rings. The first kappa shape index (κ1) is 34.1. The van der Waals surface area contributed by atoms with Gasteiger partial charge in [-0.2, -0.15) is 0 Å². The normalized spacial score (nSPS) is 21.8. The Balaban J connectivity index is 1.12. The summed E-state index contributed by atoms with van der Waals surface area (Å²) in [4.78, 5) is 60.6. The van der Waals surface area contributed by atoms with E-state index in [0.29, 0.717) is 13.1 Å². The van der Waals surface area contributed by atoms with Crippen LogP contribution in [0.3, 0.4) is 0 Å². The fraction of sp³-hybridized carbons (Fsp3) is 0.441. The van der Waals surface area contributed by atoms with Gasteiger partial charge in [-0.15, -0.1) is 0 Å². The second-order valence-electron chi connectivity index (χ2n) is 12.1. The highest BCUT2D eigenvalue weighted by Crippen LogP contribution is 2.31. The van der Waals surface area contributed by atoms with Crippen LogP contribution in [0.15, 0.2) is 48.4 Å². The van der Waals surface area contributed by atoms with Gasteiger partial charge in [0.25, 0.3) is 0 Å². The first-order valence-electron chi connectivity index (χ1n) is 16.2. The van der Waals surface area contributed by atoms with Crippen molar-refractivity contribution in [2.24, 2.45) is 0 Å². The fourth-order valence-electron chi connectivity index (χ4n) is 6.26. The minimum Gasteiger partial charge on any atom is -0.453 e. The molecule has 1 aromatic carbocycles. The molecule has 4 heterocycles. The maximum Gasteiger partial charge on any atom is 0.407 e. The first-order valence-corrected chi connectivity index (χ1v) is 16.2. The molecule has 2 saturated heterocycles. The van der Waals surface area contributed by atoms with Crippen molar-refractivity contribution in [3.05, 3.63) is 71.1 Å². The molecular formula is C34H44N8O6. The quantitative estimate of drug-likeness (QED) is 0.257. The van der Waals surface area contributed by atoms with Gasteiger partial charge >= 0.3 is 12.2 Å². The van der Waals surface area contributed by atoms with E-state index in [1.54, 1.807) is 18.7 Å². The first-order chi connectivity index (χ1) is 23.2. The van der Waals surface area contributed by atoms with Crippen molar-refractivity contribution in [1.29, 1.82) is 0 Å². The molecule has 0 spiro atoms. The molecule has 1 unspecified atom stereocenters. The summed E-state index contributed by atoms with van der Waals surface area (Å²) in [5, 5.41) is 11.9. The number of hydrogen-bond donors (Lipinski definition) is 5. The molecule has 14 nitrogen and oxygen atoms in total. The number of methoxy groups -OCH3 is 2. The highest BCUT2D eigenvalue weighted by atomic mass is 16.5. The number of nitrogens with one attached hydrogen (secondary N) is 5. The number of H-pyrrole nitrogens is 1. The van der Waals surface area contributed by atoms with Gasteiger partial charge in [0.2, 0.25) is 11.8 Å². The van der Waals surface area contributed by atoms with Crippen molar-refractivity contribution in [3.8, 4) is 0 Å². The van der Waals surface area contributed by atoms with Crippen LogP contribution in [0.25, 0.3) is 18.2 Å². The Morgan fingerprint density at radius 3 is 2.08 bits per heavy atom. The maximum atomic E-state index is 13.0. The Morgan fingerprint density at radius 2 is 1.44 bits per heavy atom. The summed E-state index contributed by atoms with van der Waals surface area (Å²) < 4.78 is 9.24. The summed E-state index contributed by atoms with van der Waals surface area (Å²) in [5.74, 6) is 0.413. The molecule has 48 heavy (non-hydrogen) atoms. The molecule has 1 aromatic heterocycles. The molecule has 0 saturated carbocycles. The topological polar surface area (TPSA) is 170 Å². The molecule has 5 atom stereocenters. The van der Waals surface area contributed by atoms with Crippen LogP contribution in [0.5, 0.6) is 0 Å². The SMILES string of the molecule is COC(=O)N[C@@H](C)C(=O)N1CCC[C@H]1c1nc(/C=C/c2ccc(/C=C/C3=CNC([C@@H]4CCCN4C(=O)[C@H](C)NC(=O)OC)N3)cc2)c[nH]1. The maximum absolute atomic E-state index is 13.0. The zero-order valence-electron chi connectivity index (χ0n) is 27.7. The molecule has 4 amide bonds. The number of carbonyl (C=O) groups is 4. The third-order valence-electron chi connectivity index (χ3n) is 8.80. The van der Waals surface area contributed by atoms with Crippen LogP contribution in [-0.4, -0.2) is 95.4 Å². The lowest BCUT2D eigenvalue weighted by atomic mass is 10.1. The number of amides is 4. The number of nitrogens with zero attached hydrogens (tertiary/aromatic N) is 3. The van der Waals surface area contributed by atoms with Gasteiger partial charge in [-0.25, -0.2) is 14.6 Å². The van der Waals surface area contributed by atoms with E-state index in [2.05, 4.69) is 35.7 Å². The molecule has 2 aromatic rings. The minimum atomic E-state index is -0.696. The van der Waals surface area contributed by atoms with E-state index in [1.165, 1.54) is 14.2 Å². The third-order valence-corrected chi connectivity index (χ3v) is 8.80. The molecule has 3 aliphatic rings. The van der Waals surface area contributed by atoms with Crippen LogP contribution < -0.4 is 21.3 Å². The van der Waals surface area contributed by atoms with Crippen molar-refractivity contribution < 1.29 is 28.7 Å². The molecule has 5 rings (SSSR count). The van der Waals surface area contributed by atoms with E-state index in [4.69, 9.17) is 4.98 Å². The Hall–Kier alpha value is -5.27. The van der Waals surface area contributed by atoms with E-state index in [-0.39, 0.29) is 30.1 Å². The van der Waals surface area contributed by atoms with Crippen LogP contribution in [0.2, 0.25) is 0 Å². The van der Waals surface area contributed by atoms with Crippen LogP contribution in [0, 0.1) is 0 Å². The molecular weight excluding hydrogens is 616 g/mol. The highest BCUT2D eigenvalue weighted by molar-refractivity contribution is 5.86. The van der Waals surface area contributed by atoms with Crippen LogP contribution >= 0.6 is 0 Å². The standard InChI is InChI=1S/C34H44N8O6/c1-21(37-33(45)47-3)31(43)41-17-5-7-27(41)29-35-19-25(39-29)15-13-23-9-11-24(12-10-23)14-16-26-20-36-30(40-26)28-8-6-18-42(28)32(44)22(2)38-34(46)48-4/h9-16,19-22,27-29,35,39H,5-8,17-18H2,1-4H3,(H,36,40)(H,37,45)(H,38,46)/b15-13+,16-14+/t21-,22-,27-,28-,29?/m0/s1. The second-order valence-corrected chi connectivity index (χ2v) is 12.1. The summed E-state index contributed by atoms with van der Waals surface area (Å²) in [6.45, 7) is 4.55. The Morgan fingerprint density at radius 1 is 0.854 bits per heavy atom. The lowest BCUT2D eigenvalue weighted by Gasteiger charge is -2.32. The summed E-state index contributed by atoms with van der Waals surface area (Å²) in [6.07, 6.45) is 13.7. The number of likely N-dealkylation sites (tertiary alicyclic amines) is 2. The van der Waals surface area contributed by atoms with Crippen molar-refractivity contribution >= 4 is 42.2 Å². The van der Waals surface area contributed by atoms with Crippen LogP contribution in [0.4, 0.5) is 9.59 Å². The summed E-state index contributed by atoms with van der Waals surface area (Å²) in [7, 11) is 2.54. The van der Waals surface area contributed by atoms with Gasteiger partial charge in [-0.1, -0.05) is 36.4 Å². The number of aromatic amines is 1. The number of alkyl carbamates (subject to hydrolysis) is 2. The molecule has 0 radical (unpaired) electrons. The lowest BCUT2D eigenvalue weighted by molar-refractivity contribution is -0.134. The lowest BCUT2D eigenvalue weighted by Crippen LogP contribution is -2.55. The van der Waals surface area contributed by atoms with Gasteiger partial charge in [0.15, 0.2) is 0 Å². The number of imidazole rings is 1. The fourth-order valence-corrected chi connectivity index (χ4v) is 6.26. The van der Waals surface area contributed by atoms with Gasteiger partial charge in [0.1, 0.15) is 24.1 Å². The second kappa shape index (κ2) is 15.5. The zero-order chi connectivity index (χ0) is 34.2. The van der Waals surface area contributed by atoms with Crippen LogP contribution in [-0.2, 0) is 19.1 Å². The van der Waals surface area contributed by atoms with E-state index < -0.39 is 24.3 Å². The molecule has 14 heteroatoms. The number of benzene rings is 1. The molecule has 0 aliphatic carbocycles. The number of hydrogen-bond acceptors (Lipinski definition) is 9. The summed E-state index contributed by atoms with van der Waals surface area (Å²) >= 11 is 0. The van der Waals surface area contributed by atoms with E-state index in [0.717, 1.165) is 54.0 Å². The zero-order valence-corrected chi connectivity index (χ0v) is 27.7. The van der Waals surface area contributed by atoms with E-state index >= 15 is 0 Å². The number of rotatable bonds is 10. The smallest absolute Gasteiger partial charge is 0.407 e. The van der Waals surface area contributed by atoms with Gasteiger partial charge in [0, 0.05) is 25.5 Å². The van der Waals surface area contributed by atoms with Crippen molar-refractivity contribution in [1.82, 2.24) is 41.0 Å². The Bertz CT molecular complexity index is 1570. The van der Waals surface area contributed by atoms with E-state index in [1.807, 2.05) is 65.9 Å². The molecule has 256 valence electrons. The average molecular weight is 661 g/mol. The van der Waals surface area contributed by atoms with Gasteiger partial charge in [-0.3, -0.25) is 9.59 Å². The third kappa shape index (κ3) is 8.17. The molecule has 3 aliphatic heterocycles. The summed E-state index contributed by atoms with van der Waals surface area (Å²) in [5.41, 5.74) is 3.71. The predicted octanol–water partition coefficient (Wildman–Crippen LogP) is 3.10.